The molecule has 1 heterocycles. The minimum atomic E-state index is -0.866. The van der Waals surface area contributed by atoms with E-state index in [0.29, 0.717) is 35.8 Å². The van der Waals surface area contributed by atoms with Crippen LogP contribution in [-0.4, -0.2) is 60.3 Å². The minimum Gasteiger partial charge on any atom is -0.478 e. The zero-order valence-electron chi connectivity index (χ0n) is 28.4. The lowest BCUT2D eigenvalue weighted by Gasteiger charge is -2.72. The number of aromatic carboxylic acids is 1. The van der Waals surface area contributed by atoms with Gasteiger partial charge in [-0.05, 0) is 126 Å². The predicted octanol–water partition coefficient (Wildman–Crippen LogP) is 7.43. The Labute approximate surface area is 270 Å². The zero-order chi connectivity index (χ0) is 31.8. The van der Waals surface area contributed by atoms with Crippen molar-refractivity contribution in [2.45, 2.75) is 104 Å². The molecular formula is C39H56N2O4. The van der Waals surface area contributed by atoms with Crippen LogP contribution in [0.4, 0.5) is 0 Å². The third-order valence-corrected chi connectivity index (χ3v) is 15.2. The monoisotopic (exact) mass is 616 g/mol. The molecule has 6 aliphatic rings. The smallest absolute Gasteiger partial charge is 0.335 e. The second kappa shape index (κ2) is 10.9. The van der Waals surface area contributed by atoms with Crippen LogP contribution in [0.1, 0.15) is 115 Å². The number of carbonyl (C=O) groups is 2. The zero-order valence-corrected chi connectivity index (χ0v) is 28.4. The Hall–Kier alpha value is -2.18. The van der Waals surface area contributed by atoms with E-state index in [9.17, 15) is 14.7 Å². The first-order valence-electron chi connectivity index (χ1n) is 18.0. The standard InChI is InChI=1S/C39H56N2O4/c1-35(2)28(26-8-10-27(11-9-26)34(43)44)14-17-36(3)31(35)15-18-38(5)32(36)13-12-29-30-7-6-16-39(30,20-19-37(29,38)4)40-33(42)25-41-21-23-45-24-22-41/h8-11,14,29-32H,6-7,12-13,15-25H2,1-5H3,(H,40,42)(H,43,44)/t29-,30?,31?,32?,36+,37-,38-,39+/m1/s1. The third kappa shape index (κ3) is 4.70. The lowest BCUT2D eigenvalue weighted by atomic mass is 9.33. The molecule has 45 heavy (non-hydrogen) atoms. The maximum atomic E-state index is 13.5. The topological polar surface area (TPSA) is 78.9 Å². The Morgan fingerprint density at radius 3 is 2.31 bits per heavy atom. The van der Waals surface area contributed by atoms with Gasteiger partial charge < -0.3 is 15.2 Å². The van der Waals surface area contributed by atoms with Crippen molar-refractivity contribution >= 4 is 17.4 Å². The molecule has 1 aromatic rings. The maximum absolute atomic E-state index is 13.5. The normalized spacial score (nSPS) is 42.4. The number of hydrogen-bond donors (Lipinski definition) is 2. The molecule has 1 amide bonds. The lowest BCUT2D eigenvalue weighted by molar-refractivity contribution is -0.217. The summed E-state index contributed by atoms with van der Waals surface area (Å²) in [7, 11) is 0. The summed E-state index contributed by atoms with van der Waals surface area (Å²) < 4.78 is 5.52. The third-order valence-electron chi connectivity index (χ3n) is 15.2. The van der Waals surface area contributed by atoms with Gasteiger partial charge in [0.1, 0.15) is 0 Å². The van der Waals surface area contributed by atoms with Crippen molar-refractivity contribution in [1.82, 2.24) is 10.2 Å². The van der Waals surface area contributed by atoms with E-state index in [0.717, 1.165) is 45.6 Å². The van der Waals surface area contributed by atoms with Gasteiger partial charge in [-0.2, -0.15) is 0 Å². The number of rotatable bonds is 5. The number of nitrogens with one attached hydrogen (secondary N) is 1. The number of carboxylic acid groups (broad SMARTS) is 1. The molecular weight excluding hydrogens is 560 g/mol. The average Bonchev–Trinajstić information content (AvgIpc) is 3.41. The highest BCUT2D eigenvalue weighted by Crippen LogP contribution is 2.76. The van der Waals surface area contributed by atoms with E-state index in [1.54, 1.807) is 12.1 Å². The van der Waals surface area contributed by atoms with Gasteiger partial charge in [-0.25, -0.2) is 4.79 Å². The van der Waals surface area contributed by atoms with E-state index in [-0.39, 0.29) is 33.1 Å². The van der Waals surface area contributed by atoms with Crippen molar-refractivity contribution < 1.29 is 19.4 Å². The van der Waals surface area contributed by atoms with E-state index in [2.05, 4.69) is 50.9 Å². The fourth-order valence-electron chi connectivity index (χ4n) is 13.0. The van der Waals surface area contributed by atoms with Crippen LogP contribution in [0.5, 0.6) is 0 Å². The van der Waals surface area contributed by atoms with Crippen LogP contribution >= 0.6 is 0 Å². The molecule has 6 nitrogen and oxygen atoms in total. The largest absolute Gasteiger partial charge is 0.478 e. The second-order valence-corrected chi connectivity index (χ2v) is 17.2. The highest BCUT2D eigenvalue weighted by Gasteiger charge is 2.69. The number of carbonyl (C=O) groups excluding carboxylic acids is 1. The summed E-state index contributed by atoms with van der Waals surface area (Å²) in [6.45, 7) is 16.6. The molecule has 3 unspecified atom stereocenters. The molecule has 1 saturated heterocycles. The van der Waals surface area contributed by atoms with Crippen LogP contribution in [0.25, 0.3) is 5.57 Å². The number of nitrogens with zero attached hydrogens (tertiary/aromatic N) is 1. The Morgan fingerprint density at radius 2 is 1.60 bits per heavy atom. The molecule has 7 rings (SSSR count). The molecule has 5 fully saturated rings. The molecule has 0 aromatic heterocycles. The molecule has 8 atom stereocenters. The van der Waals surface area contributed by atoms with E-state index < -0.39 is 5.97 Å². The van der Waals surface area contributed by atoms with Crippen LogP contribution in [0.15, 0.2) is 30.3 Å². The SMILES string of the molecule is CC1(C)C(c2ccc(C(=O)O)cc2)=CC[C@@]2(C)C1CC[C@]1(C)C2CC[C@@H]2C3CCC[C@]3(NC(=O)CN3CCOCC3)CC[C@]21C. The number of amides is 1. The molecule has 1 aromatic carbocycles. The van der Waals surface area contributed by atoms with Gasteiger partial charge in [0.25, 0.3) is 0 Å². The van der Waals surface area contributed by atoms with E-state index in [1.807, 2.05) is 12.1 Å². The number of morpholine rings is 1. The molecule has 246 valence electrons. The minimum absolute atomic E-state index is 0.0154. The van der Waals surface area contributed by atoms with Crippen molar-refractivity contribution in [1.29, 1.82) is 0 Å². The number of fused-ring (bicyclic) bond motifs is 7. The Morgan fingerprint density at radius 1 is 0.867 bits per heavy atom. The van der Waals surface area contributed by atoms with Gasteiger partial charge in [0.05, 0.1) is 25.3 Å². The summed E-state index contributed by atoms with van der Waals surface area (Å²) in [4.78, 5) is 27.2. The number of allylic oxidation sites excluding steroid dienone is 2. The highest BCUT2D eigenvalue weighted by atomic mass is 16.5. The average molecular weight is 617 g/mol. The van der Waals surface area contributed by atoms with Gasteiger partial charge in [0.2, 0.25) is 5.91 Å². The Balaban J connectivity index is 1.14. The van der Waals surface area contributed by atoms with Gasteiger partial charge in [0.15, 0.2) is 0 Å². The van der Waals surface area contributed by atoms with Gasteiger partial charge >= 0.3 is 5.97 Å². The Kier molecular flexibility index (Phi) is 7.64. The summed E-state index contributed by atoms with van der Waals surface area (Å²) >= 11 is 0. The van der Waals surface area contributed by atoms with Crippen LogP contribution in [-0.2, 0) is 9.53 Å². The highest BCUT2D eigenvalue weighted by molar-refractivity contribution is 5.88. The fraction of sp³-hybridized carbons (Fsp3) is 0.744. The van der Waals surface area contributed by atoms with E-state index in [4.69, 9.17) is 4.74 Å². The van der Waals surface area contributed by atoms with Crippen LogP contribution in [0.3, 0.4) is 0 Å². The van der Waals surface area contributed by atoms with Crippen molar-refractivity contribution in [3.05, 3.63) is 41.5 Å². The molecule has 5 aliphatic carbocycles. The number of ether oxygens (including phenoxy) is 1. The van der Waals surface area contributed by atoms with Gasteiger partial charge in [-0.1, -0.05) is 59.2 Å². The maximum Gasteiger partial charge on any atom is 0.335 e. The summed E-state index contributed by atoms with van der Waals surface area (Å²) in [6.07, 6.45) is 14.7. The summed E-state index contributed by atoms with van der Waals surface area (Å²) in [5.74, 6) is 1.90. The van der Waals surface area contributed by atoms with Crippen LogP contribution in [0.2, 0.25) is 0 Å². The van der Waals surface area contributed by atoms with Gasteiger partial charge in [-0.3, -0.25) is 9.69 Å². The first-order valence-corrected chi connectivity index (χ1v) is 18.0. The second-order valence-electron chi connectivity index (χ2n) is 17.2. The first kappa shape index (κ1) is 31.4. The fourth-order valence-corrected chi connectivity index (χ4v) is 13.0. The lowest BCUT2D eigenvalue weighted by Crippen LogP contribution is -2.68. The summed E-state index contributed by atoms with van der Waals surface area (Å²) in [5, 5.41) is 13.1. The molecule has 2 N–H and O–H groups in total. The van der Waals surface area contributed by atoms with Crippen molar-refractivity contribution in [3.63, 3.8) is 0 Å². The molecule has 0 bridgehead atoms. The molecule has 4 saturated carbocycles. The molecule has 6 heteroatoms. The molecule has 0 spiro atoms. The van der Waals surface area contributed by atoms with Gasteiger partial charge in [0, 0.05) is 18.6 Å². The molecule has 0 radical (unpaired) electrons. The van der Waals surface area contributed by atoms with Crippen molar-refractivity contribution in [2.24, 2.45) is 45.3 Å². The van der Waals surface area contributed by atoms with E-state index in [1.165, 1.54) is 56.1 Å². The quantitative estimate of drug-likeness (QED) is 0.360. The molecule has 1 aliphatic heterocycles. The predicted molar refractivity (Wildman–Crippen MR) is 178 cm³/mol. The number of hydrogen-bond acceptors (Lipinski definition) is 4. The van der Waals surface area contributed by atoms with Crippen molar-refractivity contribution in [3.8, 4) is 0 Å². The van der Waals surface area contributed by atoms with Crippen molar-refractivity contribution in [2.75, 3.05) is 32.8 Å². The van der Waals surface area contributed by atoms with Crippen LogP contribution in [0, 0.1) is 45.3 Å². The van der Waals surface area contributed by atoms with Gasteiger partial charge in [-0.15, -0.1) is 0 Å². The number of benzene rings is 1. The Bertz CT molecular complexity index is 1360. The first-order chi connectivity index (χ1) is 21.3. The summed E-state index contributed by atoms with van der Waals surface area (Å²) in [6, 6.07) is 7.57. The van der Waals surface area contributed by atoms with Crippen LogP contribution < -0.4 is 5.32 Å². The van der Waals surface area contributed by atoms with E-state index >= 15 is 0 Å². The number of carboxylic acids is 1. The summed E-state index contributed by atoms with van der Waals surface area (Å²) in [5.41, 5.74) is 3.75.